The van der Waals surface area contributed by atoms with Gasteiger partial charge in [-0.15, -0.1) is 0 Å². The number of methoxy groups -OCH3 is 2. The molecular formula is C21H21NO4. The maximum atomic E-state index is 12.3. The second kappa shape index (κ2) is 8.25. The monoisotopic (exact) mass is 351 g/mol. The first kappa shape index (κ1) is 17.6. The zero-order valence-corrected chi connectivity index (χ0v) is 14.8. The maximum absolute atomic E-state index is 12.3. The predicted molar refractivity (Wildman–Crippen MR) is 101 cm³/mol. The van der Waals surface area contributed by atoms with Crippen molar-refractivity contribution in [2.24, 2.45) is 0 Å². The zero-order chi connectivity index (χ0) is 18.4. The average molecular weight is 351 g/mol. The van der Waals surface area contributed by atoms with Gasteiger partial charge in [0.15, 0.2) is 11.5 Å². The largest absolute Gasteiger partial charge is 0.493 e. The van der Waals surface area contributed by atoms with Crippen LogP contribution in [-0.4, -0.2) is 33.3 Å². The molecule has 0 spiro atoms. The minimum Gasteiger partial charge on any atom is -0.493 e. The lowest BCUT2D eigenvalue weighted by atomic mass is 10.1. The number of hydrogen-bond acceptors (Lipinski definition) is 4. The lowest BCUT2D eigenvalue weighted by Crippen LogP contribution is -2.28. The molecule has 3 rings (SSSR count). The first-order valence-corrected chi connectivity index (χ1v) is 8.33. The van der Waals surface area contributed by atoms with E-state index in [1.54, 1.807) is 25.3 Å². The van der Waals surface area contributed by atoms with Gasteiger partial charge >= 0.3 is 0 Å². The van der Waals surface area contributed by atoms with E-state index in [4.69, 9.17) is 14.2 Å². The Morgan fingerprint density at radius 2 is 1.65 bits per heavy atom. The van der Waals surface area contributed by atoms with Gasteiger partial charge in [0.1, 0.15) is 12.4 Å². The van der Waals surface area contributed by atoms with Crippen LogP contribution in [0.25, 0.3) is 10.8 Å². The summed E-state index contributed by atoms with van der Waals surface area (Å²) < 4.78 is 16.2. The summed E-state index contributed by atoms with van der Waals surface area (Å²) in [7, 11) is 3.10. The highest BCUT2D eigenvalue weighted by Crippen LogP contribution is 2.27. The minimum atomic E-state index is -0.188. The molecule has 1 N–H and O–H groups in total. The predicted octanol–water partition coefficient (Wildman–Crippen LogP) is 3.67. The highest BCUT2D eigenvalue weighted by atomic mass is 16.5. The van der Waals surface area contributed by atoms with Gasteiger partial charge in [-0.3, -0.25) is 4.79 Å². The Bertz CT molecular complexity index is 902. The molecule has 0 aromatic heterocycles. The van der Waals surface area contributed by atoms with Crippen molar-refractivity contribution in [1.29, 1.82) is 0 Å². The smallest absolute Gasteiger partial charge is 0.251 e. The molecule has 0 saturated heterocycles. The van der Waals surface area contributed by atoms with E-state index in [1.807, 2.05) is 42.5 Å². The second-order valence-corrected chi connectivity index (χ2v) is 5.65. The summed E-state index contributed by atoms with van der Waals surface area (Å²) in [5, 5.41) is 5.03. The van der Waals surface area contributed by atoms with Crippen molar-refractivity contribution in [3.8, 4) is 17.2 Å². The third-order valence-electron chi connectivity index (χ3n) is 4.04. The first-order valence-electron chi connectivity index (χ1n) is 8.33. The van der Waals surface area contributed by atoms with Gasteiger partial charge in [-0.2, -0.15) is 0 Å². The van der Waals surface area contributed by atoms with E-state index >= 15 is 0 Å². The molecule has 5 heteroatoms. The van der Waals surface area contributed by atoms with Gasteiger partial charge in [-0.25, -0.2) is 0 Å². The highest BCUT2D eigenvalue weighted by Gasteiger charge is 2.10. The molecule has 0 radical (unpaired) electrons. The van der Waals surface area contributed by atoms with Crippen LogP contribution in [0.1, 0.15) is 10.4 Å². The van der Waals surface area contributed by atoms with Crippen molar-refractivity contribution in [2.75, 3.05) is 27.4 Å². The molecule has 0 saturated carbocycles. The molecule has 0 aliphatic heterocycles. The topological polar surface area (TPSA) is 56.8 Å². The van der Waals surface area contributed by atoms with E-state index in [0.717, 1.165) is 16.5 Å². The molecule has 0 atom stereocenters. The van der Waals surface area contributed by atoms with Crippen molar-refractivity contribution >= 4 is 16.7 Å². The Hall–Kier alpha value is -3.21. The van der Waals surface area contributed by atoms with Crippen LogP contribution < -0.4 is 19.5 Å². The van der Waals surface area contributed by atoms with Gasteiger partial charge in [0.2, 0.25) is 0 Å². The van der Waals surface area contributed by atoms with E-state index in [2.05, 4.69) is 5.32 Å². The molecule has 1 amide bonds. The summed E-state index contributed by atoms with van der Waals surface area (Å²) in [5.41, 5.74) is 0.507. The van der Waals surface area contributed by atoms with Crippen LogP contribution >= 0.6 is 0 Å². The Morgan fingerprint density at radius 1 is 0.885 bits per heavy atom. The third kappa shape index (κ3) is 3.88. The highest BCUT2D eigenvalue weighted by molar-refractivity contribution is 5.94. The molecular weight excluding hydrogens is 330 g/mol. The number of rotatable bonds is 7. The van der Waals surface area contributed by atoms with Gasteiger partial charge in [-0.05, 0) is 29.7 Å². The fraction of sp³-hybridized carbons (Fsp3) is 0.190. The van der Waals surface area contributed by atoms with Crippen molar-refractivity contribution in [3.63, 3.8) is 0 Å². The van der Waals surface area contributed by atoms with Gasteiger partial charge in [0.05, 0.1) is 20.8 Å². The SMILES string of the molecule is COc1ccc(C(=O)NCCOc2cccc3ccccc23)cc1OC. The van der Waals surface area contributed by atoms with E-state index in [1.165, 1.54) is 7.11 Å². The van der Waals surface area contributed by atoms with Crippen molar-refractivity contribution in [3.05, 3.63) is 66.2 Å². The van der Waals surface area contributed by atoms with Crippen LogP contribution in [0.15, 0.2) is 60.7 Å². The maximum Gasteiger partial charge on any atom is 0.251 e. The fourth-order valence-corrected chi connectivity index (χ4v) is 2.73. The van der Waals surface area contributed by atoms with E-state index in [9.17, 15) is 4.79 Å². The molecule has 0 bridgehead atoms. The number of benzene rings is 3. The Labute approximate surface area is 152 Å². The number of nitrogens with one attached hydrogen (secondary N) is 1. The molecule has 134 valence electrons. The number of hydrogen-bond donors (Lipinski definition) is 1. The minimum absolute atomic E-state index is 0.188. The van der Waals surface area contributed by atoms with Gasteiger partial charge < -0.3 is 19.5 Å². The Morgan fingerprint density at radius 3 is 2.46 bits per heavy atom. The van der Waals surface area contributed by atoms with E-state index in [-0.39, 0.29) is 5.91 Å². The van der Waals surface area contributed by atoms with Crippen molar-refractivity contribution in [1.82, 2.24) is 5.32 Å². The lowest BCUT2D eigenvalue weighted by Gasteiger charge is -2.11. The van der Waals surface area contributed by atoms with Crippen molar-refractivity contribution < 1.29 is 19.0 Å². The van der Waals surface area contributed by atoms with Crippen LogP contribution in [0.4, 0.5) is 0 Å². The van der Waals surface area contributed by atoms with Gasteiger partial charge in [-0.1, -0.05) is 36.4 Å². The standard InChI is InChI=1S/C21H21NO4/c1-24-19-11-10-16(14-20(19)25-2)21(23)22-12-13-26-18-9-5-7-15-6-3-4-8-17(15)18/h3-11,14H,12-13H2,1-2H3,(H,22,23). The average Bonchev–Trinajstić information content (AvgIpc) is 2.70. The van der Waals surface area contributed by atoms with Crippen molar-refractivity contribution in [2.45, 2.75) is 0 Å². The third-order valence-corrected chi connectivity index (χ3v) is 4.04. The van der Waals surface area contributed by atoms with Gasteiger partial charge in [0.25, 0.3) is 5.91 Å². The number of fused-ring (bicyclic) bond motifs is 1. The summed E-state index contributed by atoms with van der Waals surface area (Å²) in [5.74, 6) is 1.73. The summed E-state index contributed by atoms with van der Waals surface area (Å²) in [6.07, 6.45) is 0. The number of carbonyl (C=O) groups is 1. The summed E-state index contributed by atoms with van der Waals surface area (Å²) >= 11 is 0. The number of carbonyl (C=O) groups excluding carboxylic acids is 1. The lowest BCUT2D eigenvalue weighted by molar-refractivity contribution is 0.0946. The van der Waals surface area contributed by atoms with Crippen LogP contribution in [0, 0.1) is 0 Å². The normalized spacial score (nSPS) is 10.4. The first-order chi connectivity index (χ1) is 12.7. The molecule has 0 fully saturated rings. The van der Waals surface area contributed by atoms with Crippen LogP contribution in [0.3, 0.4) is 0 Å². The fourth-order valence-electron chi connectivity index (χ4n) is 2.73. The Balaban J connectivity index is 1.57. The van der Waals surface area contributed by atoms with E-state index < -0.39 is 0 Å². The van der Waals surface area contributed by atoms with Crippen LogP contribution in [0.5, 0.6) is 17.2 Å². The number of ether oxygens (including phenoxy) is 3. The molecule has 3 aromatic rings. The zero-order valence-electron chi connectivity index (χ0n) is 14.8. The molecule has 26 heavy (non-hydrogen) atoms. The summed E-state index contributed by atoms with van der Waals surface area (Å²) in [6.45, 7) is 0.781. The molecule has 0 unspecified atom stereocenters. The molecule has 0 heterocycles. The molecule has 5 nitrogen and oxygen atoms in total. The number of amides is 1. The quantitative estimate of drug-likeness (QED) is 0.660. The van der Waals surface area contributed by atoms with Gasteiger partial charge in [0, 0.05) is 10.9 Å². The molecule has 0 aliphatic carbocycles. The molecule has 3 aromatic carbocycles. The van der Waals surface area contributed by atoms with Crippen LogP contribution in [0.2, 0.25) is 0 Å². The second-order valence-electron chi connectivity index (χ2n) is 5.65. The Kier molecular flexibility index (Phi) is 5.59. The van der Waals surface area contributed by atoms with E-state index in [0.29, 0.717) is 30.2 Å². The summed E-state index contributed by atoms with van der Waals surface area (Å²) in [4.78, 5) is 12.3. The summed E-state index contributed by atoms with van der Waals surface area (Å²) in [6, 6.07) is 19.0. The molecule has 0 aliphatic rings. The van der Waals surface area contributed by atoms with Crippen LogP contribution in [-0.2, 0) is 0 Å².